The van der Waals surface area contributed by atoms with Crippen molar-refractivity contribution in [3.8, 4) is 0 Å². The van der Waals surface area contributed by atoms with Gasteiger partial charge in [0, 0.05) is 13.1 Å². The second-order valence-electron chi connectivity index (χ2n) is 2.91. The maximum absolute atomic E-state index is 4.14. The zero-order valence-corrected chi connectivity index (χ0v) is 6.09. The Balaban J connectivity index is 2.35. The van der Waals surface area contributed by atoms with Crippen LogP contribution in [0.25, 0.3) is 0 Å². The molecule has 2 nitrogen and oxygen atoms in total. The van der Waals surface area contributed by atoms with Crippen LogP contribution in [0.2, 0.25) is 0 Å². The zero-order valence-electron chi connectivity index (χ0n) is 6.09. The summed E-state index contributed by atoms with van der Waals surface area (Å²) in [6.45, 7) is 6.59. The van der Waals surface area contributed by atoms with Crippen LogP contribution in [0.15, 0.2) is 4.99 Å². The molecular formula is C7H14N2. The average molecular weight is 126 g/mol. The van der Waals surface area contributed by atoms with Gasteiger partial charge in [-0.05, 0) is 11.8 Å². The first-order valence-corrected chi connectivity index (χ1v) is 3.52. The van der Waals surface area contributed by atoms with Gasteiger partial charge in [-0.1, -0.05) is 13.8 Å². The topological polar surface area (TPSA) is 24.4 Å². The van der Waals surface area contributed by atoms with Crippen LogP contribution in [0.3, 0.4) is 0 Å². The third-order valence-corrected chi connectivity index (χ3v) is 1.85. The third kappa shape index (κ3) is 1.70. The van der Waals surface area contributed by atoms with E-state index in [4.69, 9.17) is 0 Å². The molecule has 1 aliphatic heterocycles. The molecule has 0 spiro atoms. The van der Waals surface area contributed by atoms with E-state index in [2.05, 4.69) is 24.2 Å². The van der Waals surface area contributed by atoms with Gasteiger partial charge in [0.25, 0.3) is 0 Å². The molecule has 1 unspecified atom stereocenters. The minimum absolute atomic E-state index is 0.745. The Bertz CT molecular complexity index is 107. The molecule has 0 amide bonds. The monoisotopic (exact) mass is 126 g/mol. The van der Waals surface area contributed by atoms with Gasteiger partial charge in [-0.25, -0.2) is 0 Å². The first-order valence-electron chi connectivity index (χ1n) is 3.52. The highest BCUT2D eigenvalue weighted by molar-refractivity contribution is 5.55. The molecular weight excluding hydrogens is 112 g/mol. The predicted molar refractivity (Wildman–Crippen MR) is 39.7 cm³/mol. The van der Waals surface area contributed by atoms with Gasteiger partial charge in [0.1, 0.15) is 0 Å². The Morgan fingerprint density at radius 2 is 2.44 bits per heavy atom. The maximum atomic E-state index is 4.14. The lowest BCUT2D eigenvalue weighted by molar-refractivity contribution is 0.383. The molecule has 0 fully saturated rings. The van der Waals surface area contributed by atoms with Gasteiger partial charge < -0.3 is 5.32 Å². The van der Waals surface area contributed by atoms with Crippen molar-refractivity contribution < 1.29 is 0 Å². The molecule has 1 N–H and O–H groups in total. The Morgan fingerprint density at radius 3 is 2.78 bits per heavy atom. The summed E-state index contributed by atoms with van der Waals surface area (Å²) >= 11 is 0. The van der Waals surface area contributed by atoms with E-state index in [1.165, 1.54) is 0 Å². The van der Waals surface area contributed by atoms with Crippen LogP contribution >= 0.6 is 0 Å². The molecule has 0 radical (unpaired) electrons. The van der Waals surface area contributed by atoms with Crippen molar-refractivity contribution in [2.24, 2.45) is 16.8 Å². The second kappa shape index (κ2) is 2.85. The molecule has 0 aromatic heterocycles. The number of nitrogens with one attached hydrogen (secondary N) is 1. The Morgan fingerprint density at radius 1 is 1.67 bits per heavy atom. The van der Waals surface area contributed by atoms with Gasteiger partial charge in [0.2, 0.25) is 0 Å². The summed E-state index contributed by atoms with van der Waals surface area (Å²) in [7, 11) is 0. The highest BCUT2D eigenvalue weighted by Gasteiger charge is 2.13. The highest BCUT2D eigenvalue weighted by atomic mass is 15.0. The quantitative estimate of drug-likeness (QED) is 0.554. The molecule has 0 aromatic rings. The van der Waals surface area contributed by atoms with E-state index in [0.717, 1.165) is 24.9 Å². The third-order valence-electron chi connectivity index (χ3n) is 1.85. The lowest BCUT2D eigenvalue weighted by Gasteiger charge is -2.21. The summed E-state index contributed by atoms with van der Waals surface area (Å²) in [5.74, 6) is 1.50. The van der Waals surface area contributed by atoms with E-state index in [1.54, 1.807) is 6.34 Å². The number of nitrogens with zero attached hydrogens (tertiary/aromatic N) is 1. The van der Waals surface area contributed by atoms with Crippen molar-refractivity contribution in [3.05, 3.63) is 0 Å². The van der Waals surface area contributed by atoms with Crippen LogP contribution in [0, 0.1) is 11.8 Å². The fourth-order valence-electron chi connectivity index (χ4n) is 0.968. The largest absolute Gasteiger partial charge is 0.376 e. The van der Waals surface area contributed by atoms with E-state index in [9.17, 15) is 0 Å². The van der Waals surface area contributed by atoms with E-state index in [1.807, 2.05) is 0 Å². The first kappa shape index (κ1) is 6.59. The van der Waals surface area contributed by atoms with Crippen LogP contribution < -0.4 is 5.32 Å². The number of hydrogen-bond acceptors (Lipinski definition) is 2. The van der Waals surface area contributed by atoms with Crippen LogP contribution in [0.4, 0.5) is 0 Å². The summed E-state index contributed by atoms with van der Waals surface area (Å²) in [6, 6.07) is 0. The summed E-state index contributed by atoms with van der Waals surface area (Å²) in [6.07, 6.45) is 1.80. The van der Waals surface area contributed by atoms with Crippen molar-refractivity contribution >= 4 is 6.34 Å². The molecule has 1 rings (SSSR count). The van der Waals surface area contributed by atoms with Crippen molar-refractivity contribution in [1.82, 2.24) is 5.32 Å². The highest BCUT2D eigenvalue weighted by Crippen LogP contribution is 2.10. The number of aliphatic imine (C=N–C) groups is 1. The number of rotatable bonds is 1. The Labute approximate surface area is 56.4 Å². The molecule has 0 bridgehead atoms. The fraction of sp³-hybridized carbons (Fsp3) is 0.857. The van der Waals surface area contributed by atoms with Crippen molar-refractivity contribution in [2.75, 3.05) is 13.1 Å². The molecule has 2 heteroatoms. The first-order chi connectivity index (χ1) is 4.30. The van der Waals surface area contributed by atoms with E-state index in [-0.39, 0.29) is 0 Å². The van der Waals surface area contributed by atoms with Crippen molar-refractivity contribution in [1.29, 1.82) is 0 Å². The van der Waals surface area contributed by atoms with Gasteiger partial charge >= 0.3 is 0 Å². The van der Waals surface area contributed by atoms with Crippen LogP contribution in [0.5, 0.6) is 0 Å². The molecule has 1 aliphatic rings. The SMILES string of the molecule is CC(C)C1CN=CNC1. The molecule has 1 atom stereocenters. The van der Waals surface area contributed by atoms with E-state index >= 15 is 0 Å². The van der Waals surface area contributed by atoms with E-state index < -0.39 is 0 Å². The lowest BCUT2D eigenvalue weighted by Crippen LogP contribution is -2.31. The van der Waals surface area contributed by atoms with Crippen molar-refractivity contribution in [2.45, 2.75) is 13.8 Å². The molecule has 0 saturated heterocycles. The predicted octanol–water partition coefficient (Wildman–Crippen LogP) is 0.890. The van der Waals surface area contributed by atoms with Gasteiger partial charge in [-0.2, -0.15) is 0 Å². The van der Waals surface area contributed by atoms with Crippen LogP contribution in [-0.2, 0) is 0 Å². The number of hydrogen-bond donors (Lipinski definition) is 1. The summed E-state index contributed by atoms with van der Waals surface area (Å²) in [5.41, 5.74) is 0. The standard InChI is InChI=1S/C7H14N2/c1-6(2)7-3-8-5-9-4-7/h5-7H,3-4H2,1-2H3,(H,8,9). The van der Waals surface area contributed by atoms with Gasteiger partial charge in [-0.3, -0.25) is 4.99 Å². The molecule has 9 heavy (non-hydrogen) atoms. The Kier molecular flexibility index (Phi) is 2.09. The van der Waals surface area contributed by atoms with Gasteiger partial charge in [0.05, 0.1) is 6.34 Å². The van der Waals surface area contributed by atoms with Gasteiger partial charge in [-0.15, -0.1) is 0 Å². The Hall–Kier alpha value is -0.530. The normalized spacial score (nSPS) is 26.3. The van der Waals surface area contributed by atoms with Crippen molar-refractivity contribution in [3.63, 3.8) is 0 Å². The summed E-state index contributed by atoms with van der Waals surface area (Å²) in [4.78, 5) is 4.14. The molecule has 52 valence electrons. The molecule has 0 saturated carbocycles. The smallest absolute Gasteiger partial charge is 0.0824 e. The minimum Gasteiger partial charge on any atom is -0.376 e. The minimum atomic E-state index is 0.745. The second-order valence-corrected chi connectivity index (χ2v) is 2.91. The maximum Gasteiger partial charge on any atom is 0.0824 e. The fourth-order valence-corrected chi connectivity index (χ4v) is 0.968. The molecule has 1 heterocycles. The van der Waals surface area contributed by atoms with Crippen LogP contribution in [-0.4, -0.2) is 19.4 Å². The zero-order chi connectivity index (χ0) is 6.69. The summed E-state index contributed by atoms with van der Waals surface area (Å²) < 4.78 is 0. The van der Waals surface area contributed by atoms with Gasteiger partial charge in [0.15, 0.2) is 0 Å². The average Bonchev–Trinajstić information content (AvgIpc) is 1.90. The molecule has 0 aromatic carbocycles. The molecule has 0 aliphatic carbocycles. The van der Waals surface area contributed by atoms with Crippen LogP contribution in [0.1, 0.15) is 13.8 Å². The van der Waals surface area contributed by atoms with E-state index in [0.29, 0.717) is 0 Å². The lowest BCUT2D eigenvalue weighted by atomic mass is 9.95. The summed E-state index contributed by atoms with van der Waals surface area (Å²) in [5, 5.41) is 3.12.